The van der Waals surface area contributed by atoms with Crippen molar-refractivity contribution in [2.45, 2.75) is 51.3 Å². The third-order valence-corrected chi connectivity index (χ3v) is 9.03. The molecule has 0 atom stereocenters. The lowest BCUT2D eigenvalue weighted by molar-refractivity contribution is -0.120. The summed E-state index contributed by atoms with van der Waals surface area (Å²) in [5, 5.41) is 2.94. The fourth-order valence-electron chi connectivity index (χ4n) is 5.06. The van der Waals surface area contributed by atoms with Crippen molar-refractivity contribution in [2.75, 3.05) is 38.6 Å². The molecule has 0 unspecified atom stereocenters. The highest BCUT2D eigenvalue weighted by Crippen LogP contribution is 2.32. The first-order chi connectivity index (χ1) is 16.6. The number of benzene rings is 1. The van der Waals surface area contributed by atoms with Crippen molar-refractivity contribution in [1.29, 1.82) is 0 Å². The molecule has 0 aliphatic carbocycles. The Morgan fingerprint density at radius 3 is 2.31 bits per heavy atom. The smallest absolute Gasteiger partial charge is 0.257 e. The molecule has 190 valence electrons. The molecule has 2 aromatic rings. The fourth-order valence-corrected chi connectivity index (χ4v) is 6.94. The topological polar surface area (TPSA) is 112 Å². The van der Waals surface area contributed by atoms with Crippen LogP contribution in [0.5, 0.6) is 5.75 Å². The van der Waals surface area contributed by atoms with E-state index in [4.69, 9.17) is 4.74 Å². The van der Waals surface area contributed by atoms with Crippen LogP contribution < -0.4 is 10.1 Å². The zero-order valence-electron chi connectivity index (χ0n) is 20.8. The molecule has 2 aliphatic rings. The minimum absolute atomic E-state index is 0.0688. The number of nitrogens with one attached hydrogen (secondary N) is 2. The molecule has 0 saturated carbocycles. The number of likely N-dealkylation sites (tertiary alicyclic amines) is 1. The zero-order chi connectivity index (χ0) is 25.3. The van der Waals surface area contributed by atoms with Gasteiger partial charge in [-0.1, -0.05) is 6.07 Å². The number of hydrogen-bond acceptors (Lipinski definition) is 5. The first kappa shape index (κ1) is 25.2. The van der Waals surface area contributed by atoms with Crippen LogP contribution in [0.3, 0.4) is 0 Å². The Hall–Kier alpha value is -2.85. The molecule has 2 saturated heterocycles. The van der Waals surface area contributed by atoms with Gasteiger partial charge in [0.05, 0.1) is 18.4 Å². The second kappa shape index (κ2) is 10.0. The molecule has 3 heterocycles. The summed E-state index contributed by atoms with van der Waals surface area (Å²) in [6.45, 7) is 7.09. The van der Waals surface area contributed by atoms with Gasteiger partial charge in [0.1, 0.15) is 10.6 Å². The normalized spacial score (nSPS) is 17.5. The average molecular weight is 503 g/mol. The van der Waals surface area contributed by atoms with E-state index >= 15 is 0 Å². The number of rotatable bonds is 6. The minimum Gasteiger partial charge on any atom is -0.495 e. The lowest BCUT2D eigenvalue weighted by Gasteiger charge is -2.31. The molecule has 0 spiro atoms. The number of H-pyrrole nitrogens is 1. The van der Waals surface area contributed by atoms with E-state index in [9.17, 15) is 18.0 Å². The van der Waals surface area contributed by atoms with Gasteiger partial charge in [-0.2, -0.15) is 4.31 Å². The highest BCUT2D eigenvalue weighted by atomic mass is 32.2. The van der Waals surface area contributed by atoms with Crippen LogP contribution >= 0.6 is 0 Å². The second-order valence-electron chi connectivity index (χ2n) is 9.45. The van der Waals surface area contributed by atoms with Crippen molar-refractivity contribution < 1.29 is 22.7 Å². The maximum Gasteiger partial charge on any atom is 0.257 e. The largest absolute Gasteiger partial charge is 0.495 e. The molecule has 1 aromatic heterocycles. The maximum atomic E-state index is 13.7. The van der Waals surface area contributed by atoms with Crippen molar-refractivity contribution in [3.8, 4) is 5.75 Å². The molecule has 1 aromatic carbocycles. The summed E-state index contributed by atoms with van der Waals surface area (Å²) in [5.41, 5.74) is 2.89. The van der Waals surface area contributed by atoms with Gasteiger partial charge < -0.3 is 19.9 Å². The molecule has 2 N–H and O–H groups in total. The number of methoxy groups -OCH3 is 1. The van der Waals surface area contributed by atoms with Gasteiger partial charge in [-0.15, -0.1) is 0 Å². The van der Waals surface area contributed by atoms with Gasteiger partial charge >= 0.3 is 0 Å². The van der Waals surface area contributed by atoms with Gasteiger partial charge in [0.2, 0.25) is 15.9 Å². The number of ether oxygens (including phenoxy) is 1. The number of sulfonamides is 1. The van der Waals surface area contributed by atoms with Gasteiger partial charge in [-0.05, 0) is 64.2 Å². The minimum atomic E-state index is -3.90. The summed E-state index contributed by atoms with van der Waals surface area (Å²) < 4.78 is 34.1. The van der Waals surface area contributed by atoms with Gasteiger partial charge in [-0.3, -0.25) is 9.59 Å². The summed E-state index contributed by atoms with van der Waals surface area (Å²) in [7, 11) is -2.35. The molecular weight excluding hydrogens is 468 g/mol. The number of anilines is 1. The molecule has 10 heteroatoms. The van der Waals surface area contributed by atoms with Crippen LogP contribution in [0.1, 0.15) is 53.0 Å². The van der Waals surface area contributed by atoms with Crippen LogP contribution in [0.4, 0.5) is 5.69 Å². The van der Waals surface area contributed by atoms with E-state index < -0.39 is 10.0 Å². The molecule has 2 fully saturated rings. The highest BCUT2D eigenvalue weighted by molar-refractivity contribution is 7.89. The predicted octanol–water partition coefficient (Wildman–Crippen LogP) is 3.22. The number of nitrogens with zero attached hydrogens (tertiary/aromatic N) is 2. The Morgan fingerprint density at radius 2 is 1.69 bits per heavy atom. The number of carbonyl (C=O) groups is 2. The third-order valence-electron chi connectivity index (χ3n) is 6.96. The van der Waals surface area contributed by atoms with E-state index in [1.165, 1.54) is 4.31 Å². The molecule has 35 heavy (non-hydrogen) atoms. The number of hydrogen-bond donors (Lipinski definition) is 2. The lowest BCUT2D eigenvalue weighted by Crippen LogP contribution is -2.42. The third kappa shape index (κ3) is 4.95. The summed E-state index contributed by atoms with van der Waals surface area (Å²) in [6.07, 6.45) is 2.66. The molecule has 2 aliphatic heterocycles. The van der Waals surface area contributed by atoms with Crippen molar-refractivity contribution in [3.63, 3.8) is 0 Å². The Labute approximate surface area is 206 Å². The van der Waals surface area contributed by atoms with E-state index in [0.29, 0.717) is 48.8 Å². The average Bonchev–Trinajstić information content (AvgIpc) is 3.47. The van der Waals surface area contributed by atoms with Crippen molar-refractivity contribution in [1.82, 2.24) is 14.2 Å². The van der Waals surface area contributed by atoms with E-state index in [0.717, 1.165) is 18.4 Å². The van der Waals surface area contributed by atoms with Gasteiger partial charge in [0, 0.05) is 43.5 Å². The molecular formula is C25H34N4O5S. The first-order valence-corrected chi connectivity index (χ1v) is 13.5. The Bertz CT molecular complexity index is 1220. The van der Waals surface area contributed by atoms with Crippen LogP contribution in [0.2, 0.25) is 0 Å². The number of piperidine rings is 1. The van der Waals surface area contributed by atoms with Crippen molar-refractivity contribution in [2.24, 2.45) is 5.92 Å². The van der Waals surface area contributed by atoms with Crippen LogP contribution in [-0.2, 0) is 14.8 Å². The van der Waals surface area contributed by atoms with Crippen LogP contribution in [0.25, 0.3) is 0 Å². The molecule has 0 bridgehead atoms. The van der Waals surface area contributed by atoms with E-state index in [1.807, 2.05) is 25.1 Å². The highest BCUT2D eigenvalue weighted by Gasteiger charge is 2.38. The number of aryl methyl sites for hydroxylation is 3. The molecule has 2 amide bonds. The molecule has 9 nitrogen and oxygen atoms in total. The fraction of sp³-hybridized carbons (Fsp3) is 0.520. The number of carbonyl (C=O) groups excluding carboxylic acids is 2. The Kier molecular flexibility index (Phi) is 7.23. The summed E-state index contributed by atoms with van der Waals surface area (Å²) >= 11 is 0. The first-order valence-electron chi connectivity index (χ1n) is 12.1. The summed E-state index contributed by atoms with van der Waals surface area (Å²) in [6, 6.07) is 5.57. The standard InChI is InChI=1S/C25H34N4O5S/c1-16-7-8-21(34-4)20(15-16)27-24(30)19-9-13-29(14-10-19)35(32,33)23-18(3)26-17(2)22(23)25(31)28-11-5-6-12-28/h7-8,15,19,26H,5-6,9-14H2,1-4H3,(H,27,30). The molecule has 0 radical (unpaired) electrons. The van der Waals surface area contributed by atoms with E-state index in [2.05, 4.69) is 10.3 Å². The van der Waals surface area contributed by atoms with Crippen LogP contribution in [0, 0.1) is 26.7 Å². The summed E-state index contributed by atoms with van der Waals surface area (Å²) in [4.78, 5) is 31.0. The zero-order valence-corrected chi connectivity index (χ0v) is 21.6. The number of amides is 2. The predicted molar refractivity (Wildman–Crippen MR) is 133 cm³/mol. The Morgan fingerprint density at radius 1 is 1.03 bits per heavy atom. The van der Waals surface area contributed by atoms with Gasteiger partial charge in [0.25, 0.3) is 5.91 Å². The maximum absolute atomic E-state index is 13.7. The second-order valence-corrected chi connectivity index (χ2v) is 11.3. The monoisotopic (exact) mass is 502 g/mol. The van der Waals surface area contributed by atoms with Gasteiger partial charge in [0.15, 0.2) is 0 Å². The van der Waals surface area contributed by atoms with Gasteiger partial charge in [-0.25, -0.2) is 8.42 Å². The van der Waals surface area contributed by atoms with E-state index in [-0.39, 0.29) is 41.3 Å². The van der Waals surface area contributed by atoms with E-state index in [1.54, 1.807) is 25.9 Å². The van der Waals surface area contributed by atoms with Crippen LogP contribution in [-0.4, -0.2) is 67.7 Å². The Balaban J connectivity index is 1.48. The van der Waals surface area contributed by atoms with Crippen molar-refractivity contribution in [3.05, 3.63) is 40.7 Å². The molecule has 4 rings (SSSR count). The number of aromatic nitrogens is 1. The quantitative estimate of drug-likeness (QED) is 0.630. The van der Waals surface area contributed by atoms with Crippen molar-refractivity contribution >= 4 is 27.5 Å². The number of aromatic amines is 1. The summed E-state index contributed by atoms with van der Waals surface area (Å²) in [5.74, 6) is -0.113. The van der Waals surface area contributed by atoms with Crippen LogP contribution in [0.15, 0.2) is 23.1 Å². The lowest BCUT2D eigenvalue weighted by atomic mass is 9.97. The SMILES string of the molecule is COc1ccc(C)cc1NC(=O)C1CCN(S(=O)(=O)c2c(C)[nH]c(C)c2C(=O)N2CCCC2)CC1.